The average Bonchev–Trinajstić information content (AvgIpc) is 2.78. The van der Waals surface area contributed by atoms with E-state index in [9.17, 15) is 24.9 Å². The number of hydrogen-bond acceptors (Lipinski definition) is 6. The molecule has 0 aromatic heterocycles. The zero-order chi connectivity index (χ0) is 19.1. The van der Waals surface area contributed by atoms with Gasteiger partial charge in [-0.25, -0.2) is 0 Å². The lowest BCUT2D eigenvalue weighted by molar-refractivity contribution is -0.269. The number of aliphatic hydroxyl groups excluding tert-OH is 3. The van der Waals surface area contributed by atoms with Gasteiger partial charge in [0.05, 0.1) is 12.7 Å². The van der Waals surface area contributed by atoms with Crippen LogP contribution in [0.4, 0.5) is 0 Å². The number of carbonyl (C=O) groups excluding carboxylic acids is 2. The largest absolute Gasteiger partial charge is 0.461 e. The molecule has 1 aliphatic heterocycles. The number of Topliss-reactive ketones (excluding diaryl/α,β-unsaturated/α-hetero) is 1. The van der Waals surface area contributed by atoms with Crippen molar-refractivity contribution in [2.75, 3.05) is 13.2 Å². The molecule has 1 heterocycles. The van der Waals surface area contributed by atoms with Crippen molar-refractivity contribution in [3.05, 3.63) is 12.2 Å². The van der Waals surface area contributed by atoms with Crippen LogP contribution in [0, 0.1) is 34.0 Å². The number of aliphatic hydroxyl groups is 3. The smallest absolute Gasteiger partial charge is 0.320 e. The van der Waals surface area contributed by atoms with E-state index in [-0.39, 0.29) is 42.7 Å². The van der Waals surface area contributed by atoms with Crippen LogP contribution in [0.15, 0.2) is 12.2 Å². The molecule has 3 saturated carbocycles. The number of hydrogen-bond donors (Lipinski definition) is 3. The minimum absolute atomic E-state index is 0.195. The maximum Gasteiger partial charge on any atom is 0.320 e. The molecule has 144 valence electrons. The van der Waals surface area contributed by atoms with E-state index in [4.69, 9.17) is 4.74 Å². The highest BCUT2D eigenvalue weighted by molar-refractivity contribution is 6.15. The number of carbonyl (C=O) groups is 2. The third-order valence-corrected chi connectivity index (χ3v) is 8.09. The van der Waals surface area contributed by atoms with Crippen LogP contribution in [0.25, 0.3) is 0 Å². The maximum absolute atomic E-state index is 13.1. The Balaban J connectivity index is 1.96. The minimum Gasteiger partial charge on any atom is -0.461 e. The van der Waals surface area contributed by atoms with Gasteiger partial charge in [0.15, 0.2) is 5.78 Å². The van der Waals surface area contributed by atoms with Crippen molar-refractivity contribution in [3.63, 3.8) is 0 Å². The molecular formula is C20H28O6. The molecule has 26 heavy (non-hydrogen) atoms. The SMILES string of the molecule is C=C1C(=O)[C@]23C[C@H]1C[C@@H](O)[C@H]2[C@]1(CO)[C@H](CCC(C)(C)[C@H]1CO)OC3=O. The third kappa shape index (κ3) is 1.83. The highest BCUT2D eigenvalue weighted by atomic mass is 16.6. The summed E-state index contributed by atoms with van der Waals surface area (Å²) in [6.45, 7) is 7.39. The summed E-state index contributed by atoms with van der Waals surface area (Å²) in [6, 6.07) is 0. The first kappa shape index (κ1) is 18.1. The number of rotatable bonds is 2. The van der Waals surface area contributed by atoms with E-state index in [0.29, 0.717) is 18.4 Å². The van der Waals surface area contributed by atoms with E-state index < -0.39 is 34.9 Å². The summed E-state index contributed by atoms with van der Waals surface area (Å²) in [5.41, 5.74) is -2.44. The first-order valence-corrected chi connectivity index (χ1v) is 9.51. The summed E-state index contributed by atoms with van der Waals surface area (Å²) in [6.07, 6.45) is 0.413. The molecule has 2 bridgehead atoms. The number of esters is 1. The highest BCUT2D eigenvalue weighted by Gasteiger charge is 2.76. The van der Waals surface area contributed by atoms with Crippen molar-refractivity contribution in [1.29, 1.82) is 0 Å². The molecule has 0 radical (unpaired) electrons. The zero-order valence-corrected chi connectivity index (χ0v) is 15.4. The number of allylic oxidation sites excluding steroid dienone is 1. The van der Waals surface area contributed by atoms with Crippen LogP contribution in [0.2, 0.25) is 0 Å². The summed E-state index contributed by atoms with van der Waals surface area (Å²) in [5, 5.41) is 31.9. The molecular weight excluding hydrogens is 336 g/mol. The van der Waals surface area contributed by atoms with Gasteiger partial charge in [0.25, 0.3) is 0 Å². The van der Waals surface area contributed by atoms with Crippen molar-refractivity contribution in [3.8, 4) is 0 Å². The summed E-state index contributed by atoms with van der Waals surface area (Å²) in [4.78, 5) is 26.2. The molecule has 4 aliphatic rings. The van der Waals surface area contributed by atoms with Gasteiger partial charge in [-0.05, 0) is 48.5 Å². The zero-order valence-electron chi connectivity index (χ0n) is 15.4. The topological polar surface area (TPSA) is 104 Å². The van der Waals surface area contributed by atoms with Crippen molar-refractivity contribution < 1.29 is 29.6 Å². The molecule has 0 aromatic carbocycles. The Hall–Kier alpha value is -1.24. The van der Waals surface area contributed by atoms with Gasteiger partial charge in [-0.2, -0.15) is 0 Å². The van der Waals surface area contributed by atoms with E-state index in [1.807, 2.05) is 13.8 Å². The Morgan fingerprint density at radius 2 is 1.96 bits per heavy atom. The quantitative estimate of drug-likeness (QED) is 0.381. The molecule has 6 heteroatoms. The van der Waals surface area contributed by atoms with Crippen LogP contribution in [-0.2, 0) is 14.3 Å². The summed E-state index contributed by atoms with van der Waals surface area (Å²) in [7, 11) is 0. The molecule has 1 spiro atoms. The van der Waals surface area contributed by atoms with Crippen LogP contribution < -0.4 is 0 Å². The average molecular weight is 364 g/mol. The second kappa shape index (κ2) is 5.40. The Morgan fingerprint density at radius 1 is 1.27 bits per heavy atom. The summed E-state index contributed by atoms with van der Waals surface area (Å²) in [5.74, 6) is -2.30. The predicted molar refractivity (Wildman–Crippen MR) is 91.8 cm³/mol. The lowest BCUT2D eigenvalue weighted by Gasteiger charge is -2.64. The van der Waals surface area contributed by atoms with Gasteiger partial charge in [0, 0.05) is 17.9 Å². The first-order chi connectivity index (χ1) is 12.2. The molecule has 0 amide bonds. The molecule has 3 N–H and O–H groups in total. The first-order valence-electron chi connectivity index (χ1n) is 9.51. The molecule has 3 aliphatic carbocycles. The molecule has 0 aromatic rings. The normalized spacial score (nSPS) is 49.4. The molecule has 1 saturated heterocycles. The Kier molecular flexibility index (Phi) is 3.76. The van der Waals surface area contributed by atoms with E-state index in [0.717, 1.165) is 6.42 Å². The summed E-state index contributed by atoms with van der Waals surface area (Å²) < 4.78 is 5.78. The standard InChI is InChI=1S/C20H28O6/c1-10-11-6-12(23)15-19(7-11,16(10)24)17(25)26-14-4-5-18(2,3)13(8-21)20(14,15)9-22/h11-15,21-23H,1,4-9H2,2-3H3/t11-,12-,13-,14+,15-,19+,20+/m1/s1. The lowest BCUT2D eigenvalue weighted by atomic mass is 9.43. The Morgan fingerprint density at radius 3 is 2.58 bits per heavy atom. The van der Waals surface area contributed by atoms with Gasteiger partial charge in [-0.15, -0.1) is 0 Å². The number of ketones is 1. The van der Waals surface area contributed by atoms with Crippen molar-refractivity contribution >= 4 is 11.8 Å². The fourth-order valence-corrected chi connectivity index (χ4v) is 6.89. The van der Waals surface area contributed by atoms with Crippen molar-refractivity contribution in [2.24, 2.45) is 34.0 Å². The van der Waals surface area contributed by atoms with Gasteiger partial charge in [-0.1, -0.05) is 20.4 Å². The van der Waals surface area contributed by atoms with Crippen molar-refractivity contribution in [2.45, 2.75) is 51.7 Å². The van der Waals surface area contributed by atoms with E-state index >= 15 is 0 Å². The molecule has 4 rings (SSSR count). The number of ether oxygens (including phenoxy) is 1. The summed E-state index contributed by atoms with van der Waals surface area (Å²) >= 11 is 0. The van der Waals surface area contributed by atoms with Crippen LogP contribution in [-0.4, -0.2) is 52.5 Å². The molecule has 7 atom stereocenters. The van der Waals surface area contributed by atoms with E-state index in [1.165, 1.54) is 0 Å². The van der Waals surface area contributed by atoms with Crippen molar-refractivity contribution in [1.82, 2.24) is 0 Å². The highest BCUT2D eigenvalue weighted by Crippen LogP contribution is 2.68. The van der Waals surface area contributed by atoms with Crippen LogP contribution in [0.3, 0.4) is 0 Å². The van der Waals surface area contributed by atoms with Gasteiger partial charge < -0.3 is 20.1 Å². The monoisotopic (exact) mass is 364 g/mol. The molecule has 4 fully saturated rings. The number of fused-ring (bicyclic) bond motifs is 3. The fourth-order valence-electron chi connectivity index (χ4n) is 6.89. The lowest BCUT2D eigenvalue weighted by Crippen LogP contribution is -2.72. The Bertz CT molecular complexity index is 684. The van der Waals surface area contributed by atoms with Gasteiger partial charge in [0.1, 0.15) is 11.5 Å². The second-order valence-corrected chi connectivity index (χ2v) is 9.43. The van der Waals surface area contributed by atoms with Gasteiger partial charge in [0.2, 0.25) is 0 Å². The minimum atomic E-state index is -1.47. The molecule has 6 nitrogen and oxygen atoms in total. The van der Waals surface area contributed by atoms with Gasteiger partial charge >= 0.3 is 5.97 Å². The predicted octanol–water partition coefficient (Wildman–Crippen LogP) is 0.831. The van der Waals surface area contributed by atoms with Crippen LogP contribution in [0.5, 0.6) is 0 Å². The fraction of sp³-hybridized carbons (Fsp3) is 0.800. The Labute approximate surface area is 153 Å². The van der Waals surface area contributed by atoms with E-state index in [1.54, 1.807) is 0 Å². The third-order valence-electron chi connectivity index (χ3n) is 8.09. The maximum atomic E-state index is 13.1. The van der Waals surface area contributed by atoms with Crippen LogP contribution in [0.1, 0.15) is 39.5 Å². The second-order valence-electron chi connectivity index (χ2n) is 9.43. The van der Waals surface area contributed by atoms with Crippen LogP contribution >= 0.6 is 0 Å². The molecule has 0 unspecified atom stereocenters. The van der Waals surface area contributed by atoms with E-state index in [2.05, 4.69) is 6.58 Å². The van der Waals surface area contributed by atoms with Gasteiger partial charge in [-0.3, -0.25) is 9.59 Å².